The molecule has 2 heterocycles. The van der Waals surface area contributed by atoms with E-state index in [4.69, 9.17) is 5.73 Å². The summed E-state index contributed by atoms with van der Waals surface area (Å²) in [6, 6.07) is 5.51. The highest BCUT2D eigenvalue weighted by Crippen LogP contribution is 2.02. The monoisotopic (exact) mass is 305 g/mol. The molecule has 0 aliphatic heterocycles. The van der Waals surface area contributed by atoms with Crippen LogP contribution in [0.2, 0.25) is 0 Å². The summed E-state index contributed by atoms with van der Waals surface area (Å²) in [7, 11) is 0. The molecule has 1 atom stereocenters. The van der Waals surface area contributed by atoms with E-state index in [1.165, 1.54) is 0 Å². The second-order valence-corrected chi connectivity index (χ2v) is 4.00. The lowest BCUT2D eigenvalue weighted by atomic mass is 10.2. The predicted octanol–water partition coefficient (Wildman–Crippen LogP) is 0.926. The molecule has 0 aliphatic carbocycles. The zero-order chi connectivity index (χ0) is 12.3. The van der Waals surface area contributed by atoms with Gasteiger partial charge in [0.15, 0.2) is 11.5 Å². The van der Waals surface area contributed by atoms with E-state index >= 15 is 0 Å². The standard InChI is InChI=1S/C11H15N5O.2ClH/c1-8(12)6-11(17)13-7-10-15-14-9-4-2-3-5-16(9)10;;/h2-5,8H,6-7,12H2,1H3,(H,13,17);2*1H. The van der Waals surface area contributed by atoms with Crippen LogP contribution >= 0.6 is 24.8 Å². The van der Waals surface area contributed by atoms with E-state index in [0.717, 1.165) is 5.65 Å². The lowest BCUT2D eigenvalue weighted by molar-refractivity contribution is -0.121. The third-order valence-corrected chi connectivity index (χ3v) is 2.34. The number of nitrogens with zero attached hydrogens (tertiary/aromatic N) is 3. The minimum absolute atomic E-state index is 0. The van der Waals surface area contributed by atoms with Crippen molar-refractivity contribution in [3.05, 3.63) is 30.2 Å². The Balaban J connectivity index is 0.00000162. The maximum atomic E-state index is 11.4. The summed E-state index contributed by atoms with van der Waals surface area (Å²) in [6.45, 7) is 2.16. The van der Waals surface area contributed by atoms with Crippen LogP contribution in [0.1, 0.15) is 19.2 Å². The van der Waals surface area contributed by atoms with Crippen molar-refractivity contribution in [3.8, 4) is 0 Å². The van der Waals surface area contributed by atoms with Gasteiger partial charge in [-0.3, -0.25) is 9.20 Å². The van der Waals surface area contributed by atoms with Gasteiger partial charge in [-0.05, 0) is 19.1 Å². The molecule has 0 aliphatic rings. The first-order valence-electron chi connectivity index (χ1n) is 5.48. The van der Waals surface area contributed by atoms with E-state index in [0.29, 0.717) is 18.8 Å². The van der Waals surface area contributed by atoms with Crippen LogP contribution in [-0.2, 0) is 11.3 Å². The van der Waals surface area contributed by atoms with E-state index in [1.807, 2.05) is 28.8 Å². The quantitative estimate of drug-likeness (QED) is 0.880. The number of pyridine rings is 1. The Hall–Kier alpha value is -1.37. The van der Waals surface area contributed by atoms with Gasteiger partial charge in [0.25, 0.3) is 0 Å². The molecule has 0 radical (unpaired) electrons. The first-order chi connectivity index (χ1) is 8.16. The van der Waals surface area contributed by atoms with Crippen LogP contribution in [0, 0.1) is 0 Å². The summed E-state index contributed by atoms with van der Waals surface area (Å²) < 4.78 is 1.84. The summed E-state index contributed by atoms with van der Waals surface area (Å²) in [6.07, 6.45) is 2.18. The number of hydrogen-bond acceptors (Lipinski definition) is 4. The number of halogens is 2. The second-order valence-electron chi connectivity index (χ2n) is 4.00. The lowest BCUT2D eigenvalue weighted by Crippen LogP contribution is -2.30. The molecular formula is C11H17Cl2N5O. The van der Waals surface area contributed by atoms with Crippen molar-refractivity contribution in [2.24, 2.45) is 5.73 Å². The fraction of sp³-hybridized carbons (Fsp3) is 0.364. The maximum Gasteiger partial charge on any atom is 0.221 e. The SMILES string of the molecule is CC(N)CC(=O)NCc1nnc2ccccn12.Cl.Cl. The van der Waals surface area contributed by atoms with Crippen molar-refractivity contribution in [1.29, 1.82) is 0 Å². The topological polar surface area (TPSA) is 85.3 Å². The van der Waals surface area contributed by atoms with Gasteiger partial charge in [-0.1, -0.05) is 6.07 Å². The first-order valence-corrected chi connectivity index (χ1v) is 5.48. The number of carbonyl (C=O) groups excluding carboxylic acids is 1. The molecule has 106 valence electrons. The molecule has 0 saturated heterocycles. The summed E-state index contributed by atoms with van der Waals surface area (Å²) in [5, 5.41) is 10.8. The normalized spacial score (nSPS) is 11.3. The molecular weight excluding hydrogens is 289 g/mol. The second kappa shape index (κ2) is 7.93. The molecule has 0 fully saturated rings. The van der Waals surface area contributed by atoms with E-state index in [2.05, 4.69) is 15.5 Å². The van der Waals surface area contributed by atoms with Crippen molar-refractivity contribution in [1.82, 2.24) is 19.9 Å². The number of aromatic nitrogens is 3. The first kappa shape index (κ1) is 17.6. The Morgan fingerprint density at radius 1 is 1.42 bits per heavy atom. The van der Waals surface area contributed by atoms with Crippen LogP contribution in [0.5, 0.6) is 0 Å². The molecule has 3 N–H and O–H groups in total. The molecule has 19 heavy (non-hydrogen) atoms. The van der Waals surface area contributed by atoms with E-state index in [1.54, 1.807) is 6.92 Å². The Morgan fingerprint density at radius 2 is 2.16 bits per heavy atom. The molecule has 0 bridgehead atoms. The molecule has 8 heteroatoms. The molecule has 2 aromatic heterocycles. The number of nitrogens with one attached hydrogen (secondary N) is 1. The van der Waals surface area contributed by atoms with Crippen LogP contribution in [0.3, 0.4) is 0 Å². The van der Waals surface area contributed by atoms with Crippen LogP contribution in [-0.4, -0.2) is 26.5 Å². The number of hydrogen-bond donors (Lipinski definition) is 2. The van der Waals surface area contributed by atoms with Crippen molar-refractivity contribution >= 4 is 36.4 Å². The van der Waals surface area contributed by atoms with Gasteiger partial charge in [-0.25, -0.2) is 0 Å². The number of rotatable bonds is 4. The van der Waals surface area contributed by atoms with Gasteiger partial charge in [0.05, 0.1) is 6.54 Å². The van der Waals surface area contributed by atoms with Gasteiger partial charge in [-0.2, -0.15) is 0 Å². The molecule has 1 amide bonds. The average Bonchev–Trinajstić information content (AvgIpc) is 2.69. The highest BCUT2D eigenvalue weighted by Gasteiger charge is 2.08. The zero-order valence-corrected chi connectivity index (χ0v) is 12.1. The van der Waals surface area contributed by atoms with Gasteiger partial charge < -0.3 is 11.1 Å². The summed E-state index contributed by atoms with van der Waals surface area (Å²) in [5.41, 5.74) is 6.31. The summed E-state index contributed by atoms with van der Waals surface area (Å²) >= 11 is 0. The van der Waals surface area contributed by atoms with Crippen molar-refractivity contribution in [2.45, 2.75) is 25.9 Å². The summed E-state index contributed by atoms with van der Waals surface area (Å²) in [4.78, 5) is 11.4. The van der Waals surface area contributed by atoms with Gasteiger partial charge in [0, 0.05) is 18.7 Å². The zero-order valence-electron chi connectivity index (χ0n) is 10.4. The third-order valence-electron chi connectivity index (χ3n) is 2.34. The highest BCUT2D eigenvalue weighted by molar-refractivity contribution is 5.85. The Morgan fingerprint density at radius 3 is 2.84 bits per heavy atom. The molecule has 0 spiro atoms. The number of carbonyl (C=O) groups is 1. The fourth-order valence-electron chi connectivity index (χ4n) is 1.55. The highest BCUT2D eigenvalue weighted by atomic mass is 35.5. The van der Waals surface area contributed by atoms with Crippen molar-refractivity contribution in [2.75, 3.05) is 0 Å². The van der Waals surface area contributed by atoms with Crippen LogP contribution in [0.25, 0.3) is 5.65 Å². The van der Waals surface area contributed by atoms with Gasteiger partial charge in [0.1, 0.15) is 0 Å². The number of fused-ring (bicyclic) bond motifs is 1. The molecule has 6 nitrogen and oxygen atoms in total. The molecule has 0 saturated carbocycles. The Bertz CT molecular complexity index is 529. The minimum atomic E-state index is -0.134. The van der Waals surface area contributed by atoms with Crippen molar-refractivity contribution in [3.63, 3.8) is 0 Å². The van der Waals surface area contributed by atoms with E-state index in [-0.39, 0.29) is 36.8 Å². The Labute approximate surface area is 123 Å². The number of nitrogens with two attached hydrogens (primary N) is 1. The van der Waals surface area contributed by atoms with Gasteiger partial charge in [0.2, 0.25) is 5.91 Å². The lowest BCUT2D eigenvalue weighted by Gasteiger charge is -2.06. The molecule has 0 aromatic carbocycles. The van der Waals surface area contributed by atoms with Crippen LogP contribution < -0.4 is 11.1 Å². The van der Waals surface area contributed by atoms with Gasteiger partial charge in [-0.15, -0.1) is 35.0 Å². The smallest absolute Gasteiger partial charge is 0.221 e. The largest absolute Gasteiger partial charge is 0.349 e. The van der Waals surface area contributed by atoms with Crippen LogP contribution in [0.4, 0.5) is 0 Å². The minimum Gasteiger partial charge on any atom is -0.349 e. The maximum absolute atomic E-state index is 11.4. The van der Waals surface area contributed by atoms with Crippen molar-refractivity contribution < 1.29 is 4.79 Å². The number of amides is 1. The molecule has 1 unspecified atom stereocenters. The van der Waals surface area contributed by atoms with Gasteiger partial charge >= 0.3 is 0 Å². The Kier molecular flexibility index (Phi) is 7.36. The predicted molar refractivity (Wildman–Crippen MR) is 77.6 cm³/mol. The summed E-state index contributed by atoms with van der Waals surface area (Å²) in [5.74, 6) is 0.631. The van der Waals surface area contributed by atoms with E-state index in [9.17, 15) is 4.79 Å². The average molecular weight is 306 g/mol. The fourth-order valence-corrected chi connectivity index (χ4v) is 1.55. The van der Waals surface area contributed by atoms with Crippen LogP contribution in [0.15, 0.2) is 24.4 Å². The molecule has 2 aromatic rings. The van der Waals surface area contributed by atoms with E-state index < -0.39 is 0 Å². The third kappa shape index (κ3) is 4.66. The molecule has 2 rings (SSSR count).